The molecule has 170 valence electrons. The highest BCUT2D eigenvalue weighted by Crippen LogP contribution is 2.42. The molecule has 0 aliphatic carbocycles. The van der Waals surface area contributed by atoms with E-state index >= 15 is 0 Å². The lowest BCUT2D eigenvalue weighted by Crippen LogP contribution is -2.53. The minimum atomic E-state index is -4.83. The number of nitrogens with one attached hydrogen (secondary N) is 2. The van der Waals surface area contributed by atoms with Crippen LogP contribution in [0.15, 0.2) is 30.3 Å². The van der Waals surface area contributed by atoms with E-state index in [0.717, 1.165) is 5.56 Å². The second kappa shape index (κ2) is 12.1. The van der Waals surface area contributed by atoms with Crippen molar-refractivity contribution in [2.24, 2.45) is 11.8 Å². The Morgan fingerprint density at radius 1 is 1.00 bits per heavy atom. The van der Waals surface area contributed by atoms with Gasteiger partial charge in [0.25, 0.3) is 0 Å². The van der Waals surface area contributed by atoms with E-state index in [1.54, 1.807) is 26.0 Å². The van der Waals surface area contributed by atoms with Gasteiger partial charge >= 0.3 is 13.7 Å². The van der Waals surface area contributed by atoms with Crippen molar-refractivity contribution in [2.45, 2.75) is 65.1 Å². The van der Waals surface area contributed by atoms with Gasteiger partial charge in [-0.05, 0) is 30.2 Å². The van der Waals surface area contributed by atoms with Crippen LogP contribution in [0.2, 0.25) is 0 Å². The Morgan fingerprint density at radius 3 is 2.07 bits per heavy atom. The lowest BCUT2D eigenvalue weighted by Gasteiger charge is -2.28. The molecule has 9 nitrogen and oxygen atoms in total. The molecule has 0 aliphatic rings. The number of aliphatic hydroxyl groups excluding tert-OH is 1. The minimum absolute atomic E-state index is 0.0373. The Labute approximate surface area is 177 Å². The van der Waals surface area contributed by atoms with Crippen LogP contribution in [0.25, 0.3) is 0 Å². The first kappa shape index (κ1) is 26.1. The maximum absolute atomic E-state index is 12.8. The third-order valence-corrected chi connectivity index (χ3v) is 5.34. The summed E-state index contributed by atoms with van der Waals surface area (Å²) in [5, 5.41) is 15.0. The number of carbonyl (C=O) groups is 2. The normalized spacial score (nSPS) is 14.8. The zero-order chi connectivity index (χ0) is 22.9. The van der Waals surface area contributed by atoms with Crippen LogP contribution in [-0.4, -0.2) is 44.8 Å². The minimum Gasteiger partial charge on any atom is -0.445 e. The summed E-state index contributed by atoms with van der Waals surface area (Å²) in [7, 11) is -4.83. The fourth-order valence-corrected chi connectivity index (χ4v) is 3.56. The zero-order valence-electron chi connectivity index (χ0n) is 17.8. The maximum atomic E-state index is 12.8. The number of alkyl carbamates (subject to hydrolysis) is 1. The molecule has 0 saturated carbocycles. The van der Waals surface area contributed by atoms with Crippen molar-refractivity contribution < 1.29 is 33.8 Å². The van der Waals surface area contributed by atoms with Crippen LogP contribution < -0.4 is 10.6 Å². The van der Waals surface area contributed by atoms with Gasteiger partial charge in [0.2, 0.25) is 5.91 Å². The molecule has 1 aromatic carbocycles. The van der Waals surface area contributed by atoms with E-state index in [4.69, 9.17) is 4.74 Å². The van der Waals surface area contributed by atoms with Gasteiger partial charge in [0, 0.05) is 0 Å². The lowest BCUT2D eigenvalue weighted by molar-refractivity contribution is -0.124. The molecule has 0 bridgehead atoms. The van der Waals surface area contributed by atoms with E-state index in [0.29, 0.717) is 0 Å². The molecule has 2 amide bonds. The van der Waals surface area contributed by atoms with Crippen molar-refractivity contribution in [1.82, 2.24) is 10.6 Å². The van der Waals surface area contributed by atoms with Crippen LogP contribution in [-0.2, 0) is 20.7 Å². The molecule has 30 heavy (non-hydrogen) atoms. The topological polar surface area (TPSA) is 145 Å². The number of carbonyl (C=O) groups excluding carboxylic acids is 2. The van der Waals surface area contributed by atoms with Crippen LogP contribution in [0, 0.1) is 11.8 Å². The van der Waals surface area contributed by atoms with Gasteiger partial charge in [-0.15, -0.1) is 0 Å². The van der Waals surface area contributed by atoms with Crippen molar-refractivity contribution in [3.05, 3.63) is 35.9 Å². The van der Waals surface area contributed by atoms with Gasteiger partial charge in [-0.1, -0.05) is 58.0 Å². The van der Waals surface area contributed by atoms with Gasteiger partial charge < -0.3 is 30.3 Å². The van der Waals surface area contributed by atoms with Crippen LogP contribution in [0.1, 0.15) is 46.1 Å². The van der Waals surface area contributed by atoms with Crippen molar-refractivity contribution in [1.29, 1.82) is 0 Å². The summed E-state index contributed by atoms with van der Waals surface area (Å²) in [4.78, 5) is 43.6. The Morgan fingerprint density at radius 2 is 1.57 bits per heavy atom. The highest BCUT2D eigenvalue weighted by molar-refractivity contribution is 7.52. The molecule has 0 saturated heterocycles. The molecule has 0 fully saturated rings. The second-order valence-corrected chi connectivity index (χ2v) is 9.84. The highest BCUT2D eigenvalue weighted by Gasteiger charge is 2.37. The molecule has 3 atom stereocenters. The van der Waals surface area contributed by atoms with E-state index in [1.165, 1.54) is 0 Å². The second-order valence-electron chi connectivity index (χ2n) is 8.14. The summed E-state index contributed by atoms with van der Waals surface area (Å²) in [5.74, 6) is -2.67. The molecule has 0 unspecified atom stereocenters. The average molecular weight is 444 g/mol. The van der Waals surface area contributed by atoms with Gasteiger partial charge in [-0.3, -0.25) is 9.36 Å². The van der Waals surface area contributed by atoms with Gasteiger partial charge in [0.15, 0.2) is 5.85 Å². The predicted molar refractivity (Wildman–Crippen MR) is 112 cm³/mol. The highest BCUT2D eigenvalue weighted by atomic mass is 31.2. The largest absolute Gasteiger partial charge is 0.445 e. The Hall–Kier alpha value is -1.93. The van der Waals surface area contributed by atoms with E-state index in [-0.39, 0.29) is 31.3 Å². The Balaban J connectivity index is 2.82. The van der Waals surface area contributed by atoms with Gasteiger partial charge in [-0.2, -0.15) is 0 Å². The van der Waals surface area contributed by atoms with Crippen molar-refractivity contribution >= 4 is 19.6 Å². The summed E-state index contributed by atoms with van der Waals surface area (Å²) in [6, 6.07) is 6.92. The molecular formula is C20H33N2O7P. The van der Waals surface area contributed by atoms with E-state index in [2.05, 4.69) is 10.6 Å². The summed E-state index contributed by atoms with van der Waals surface area (Å²) in [6.45, 7) is 7.38. The molecule has 0 aliphatic heterocycles. The molecule has 0 heterocycles. The summed E-state index contributed by atoms with van der Waals surface area (Å²) < 4.78 is 16.6. The lowest BCUT2D eigenvalue weighted by atomic mass is 10.0. The molecule has 0 aromatic heterocycles. The summed E-state index contributed by atoms with van der Waals surface area (Å²) >= 11 is 0. The Kier molecular flexibility index (Phi) is 10.5. The molecule has 0 spiro atoms. The first-order valence-electron chi connectivity index (χ1n) is 9.91. The number of benzene rings is 1. The first-order chi connectivity index (χ1) is 13.9. The zero-order valence-corrected chi connectivity index (χ0v) is 18.7. The van der Waals surface area contributed by atoms with E-state index in [1.807, 2.05) is 32.0 Å². The number of aliphatic hydroxyl groups is 1. The third kappa shape index (κ3) is 9.71. The molecule has 10 heteroatoms. The monoisotopic (exact) mass is 444 g/mol. The fourth-order valence-electron chi connectivity index (χ4n) is 2.89. The van der Waals surface area contributed by atoms with Crippen LogP contribution in [0.4, 0.5) is 4.79 Å². The van der Waals surface area contributed by atoms with Crippen molar-refractivity contribution in [3.63, 3.8) is 0 Å². The summed E-state index contributed by atoms with van der Waals surface area (Å²) in [6.07, 6.45) is -0.340. The van der Waals surface area contributed by atoms with Gasteiger partial charge in [-0.25, -0.2) is 4.79 Å². The first-order valence-corrected chi connectivity index (χ1v) is 11.6. The summed E-state index contributed by atoms with van der Waals surface area (Å²) in [5.41, 5.74) is 0.791. The smallest absolute Gasteiger partial charge is 0.408 e. The van der Waals surface area contributed by atoms with E-state index < -0.39 is 37.5 Å². The molecule has 1 rings (SSSR count). The Bertz CT molecular complexity index is 721. The standard InChI is InChI=1S/C20H33N2O7P/c1-13(2)10-16(22-20(25)29-12-15-8-6-5-7-9-15)18(23)21-17(11-14(3)4)19(24)30(26,27)28/h5-9,13-14,16-17,19,24H,10-12H2,1-4H3,(H,21,23)(H,22,25)(H2,26,27,28)/t16-,17-,19+/m0/s1. The van der Waals surface area contributed by atoms with E-state index in [9.17, 15) is 29.0 Å². The van der Waals surface area contributed by atoms with Crippen LogP contribution in [0.5, 0.6) is 0 Å². The van der Waals surface area contributed by atoms with Gasteiger partial charge in [0.1, 0.15) is 12.6 Å². The number of hydrogen-bond acceptors (Lipinski definition) is 5. The van der Waals surface area contributed by atoms with Crippen molar-refractivity contribution in [2.75, 3.05) is 0 Å². The third-order valence-electron chi connectivity index (χ3n) is 4.29. The number of hydrogen-bond donors (Lipinski definition) is 5. The van der Waals surface area contributed by atoms with Crippen molar-refractivity contribution in [3.8, 4) is 0 Å². The SMILES string of the molecule is CC(C)C[C@H](NC(=O)OCc1ccccc1)C(=O)N[C@@H](CC(C)C)[C@H](O)P(=O)(O)O. The fraction of sp³-hybridized carbons (Fsp3) is 0.600. The molecule has 5 N–H and O–H groups in total. The predicted octanol–water partition coefficient (Wildman–Crippen LogP) is 2.35. The number of amides is 2. The number of rotatable bonds is 11. The maximum Gasteiger partial charge on any atom is 0.408 e. The van der Waals surface area contributed by atoms with Crippen LogP contribution in [0.3, 0.4) is 0 Å². The average Bonchev–Trinajstić information content (AvgIpc) is 2.64. The molecule has 0 radical (unpaired) electrons. The number of ether oxygens (including phenoxy) is 1. The quantitative estimate of drug-likeness (QED) is 0.329. The molecular weight excluding hydrogens is 411 g/mol. The van der Waals surface area contributed by atoms with Crippen LogP contribution >= 0.6 is 7.60 Å². The molecule has 1 aromatic rings. The van der Waals surface area contributed by atoms with Gasteiger partial charge in [0.05, 0.1) is 6.04 Å².